The van der Waals surface area contributed by atoms with Gasteiger partial charge in [0, 0.05) is 24.7 Å². The molecule has 0 spiro atoms. The van der Waals surface area contributed by atoms with E-state index in [1.807, 2.05) is 4.90 Å². The number of hydrogen-bond acceptors (Lipinski definition) is 2. The van der Waals surface area contributed by atoms with Gasteiger partial charge in [-0.3, -0.25) is 4.79 Å². The van der Waals surface area contributed by atoms with E-state index < -0.39 is 0 Å². The second kappa shape index (κ2) is 4.31. The van der Waals surface area contributed by atoms with Gasteiger partial charge >= 0.3 is 0 Å². The van der Waals surface area contributed by atoms with Crippen molar-refractivity contribution >= 4 is 11.4 Å². The van der Waals surface area contributed by atoms with Crippen molar-refractivity contribution in [3.8, 4) is 0 Å². The van der Waals surface area contributed by atoms with Crippen molar-refractivity contribution in [1.82, 2.24) is 4.90 Å². The predicted octanol–water partition coefficient (Wildman–Crippen LogP) is 2.58. The summed E-state index contributed by atoms with van der Waals surface area (Å²) in [6.07, 6.45) is 3.81. The van der Waals surface area contributed by atoms with E-state index in [0.29, 0.717) is 24.1 Å². The Hall–Kier alpha value is -1.90. The topological polar surface area (TPSA) is 20.3 Å². The average Bonchev–Trinajstić information content (AvgIpc) is 2.30. The van der Waals surface area contributed by atoms with Crippen molar-refractivity contribution in [2.75, 3.05) is 6.54 Å². The van der Waals surface area contributed by atoms with E-state index in [1.165, 1.54) is 12.1 Å². The van der Waals surface area contributed by atoms with E-state index in [4.69, 9.17) is 0 Å². The van der Waals surface area contributed by atoms with Gasteiger partial charge < -0.3 is 4.90 Å². The molecule has 1 aliphatic heterocycles. The molecule has 0 amide bonds. The highest BCUT2D eigenvalue weighted by atomic mass is 19.1. The first-order chi connectivity index (χ1) is 7.70. The normalized spacial score (nSPS) is 15.9. The van der Waals surface area contributed by atoms with Crippen LogP contribution in [-0.2, 0) is 4.79 Å². The summed E-state index contributed by atoms with van der Waals surface area (Å²) in [6, 6.07) is 6.07. The maximum absolute atomic E-state index is 13.1. The second-order valence-corrected chi connectivity index (χ2v) is 3.65. The van der Waals surface area contributed by atoms with Crippen LogP contribution in [0.3, 0.4) is 0 Å². The summed E-state index contributed by atoms with van der Waals surface area (Å²) in [5.74, 6) is -0.286. The molecular formula is C13H12FNO. The fraction of sp³-hybridized carbons (Fsp3) is 0.154. The number of rotatable bonds is 2. The van der Waals surface area contributed by atoms with E-state index in [0.717, 1.165) is 0 Å². The third kappa shape index (κ3) is 2.03. The highest BCUT2D eigenvalue weighted by Gasteiger charge is 2.18. The lowest BCUT2D eigenvalue weighted by Gasteiger charge is -2.22. The van der Waals surface area contributed by atoms with Gasteiger partial charge in [-0.2, -0.15) is 0 Å². The number of carbonyl (C=O) groups excluding carboxylic acids is 1. The number of Topliss-reactive ketones (excluding diaryl/α,β-unsaturated/α-hetero) is 1. The Morgan fingerprint density at radius 2 is 2.25 bits per heavy atom. The summed E-state index contributed by atoms with van der Waals surface area (Å²) in [7, 11) is 0. The quantitative estimate of drug-likeness (QED) is 0.758. The molecule has 2 rings (SSSR count). The Morgan fingerprint density at radius 1 is 1.44 bits per heavy atom. The molecule has 0 fully saturated rings. The van der Waals surface area contributed by atoms with Gasteiger partial charge in [0.2, 0.25) is 0 Å². The number of allylic oxidation sites excluding steroid dienone is 1. The minimum atomic E-state index is -0.332. The van der Waals surface area contributed by atoms with Gasteiger partial charge in [0.25, 0.3) is 0 Å². The zero-order chi connectivity index (χ0) is 11.5. The molecule has 1 aromatic rings. The van der Waals surface area contributed by atoms with E-state index in [-0.39, 0.29) is 11.6 Å². The summed E-state index contributed by atoms with van der Waals surface area (Å²) < 4.78 is 13.1. The minimum Gasteiger partial charge on any atom is -0.354 e. The summed E-state index contributed by atoms with van der Waals surface area (Å²) in [6.45, 7) is 4.29. The lowest BCUT2D eigenvalue weighted by Crippen LogP contribution is -2.22. The molecule has 16 heavy (non-hydrogen) atoms. The van der Waals surface area contributed by atoms with Crippen LogP contribution in [0.25, 0.3) is 5.57 Å². The van der Waals surface area contributed by atoms with Crippen LogP contribution in [0.2, 0.25) is 0 Å². The fourth-order valence-electron chi connectivity index (χ4n) is 1.70. The number of halogens is 1. The molecule has 82 valence electrons. The molecule has 2 nitrogen and oxygen atoms in total. The summed E-state index contributed by atoms with van der Waals surface area (Å²) in [5.41, 5.74) is 1.17. The van der Waals surface area contributed by atoms with Gasteiger partial charge in [0.15, 0.2) is 5.78 Å². The Morgan fingerprint density at radius 3 is 2.94 bits per heavy atom. The van der Waals surface area contributed by atoms with Crippen LogP contribution >= 0.6 is 0 Å². The van der Waals surface area contributed by atoms with Crippen LogP contribution in [0.15, 0.2) is 43.2 Å². The number of ketones is 1. The van der Waals surface area contributed by atoms with Crippen LogP contribution in [0.1, 0.15) is 12.0 Å². The molecule has 0 unspecified atom stereocenters. The maximum atomic E-state index is 13.1. The van der Waals surface area contributed by atoms with Crippen LogP contribution in [0.5, 0.6) is 0 Å². The Balaban J connectivity index is 2.41. The second-order valence-electron chi connectivity index (χ2n) is 3.65. The molecule has 3 heteroatoms. The van der Waals surface area contributed by atoms with E-state index in [1.54, 1.807) is 24.5 Å². The molecule has 0 saturated heterocycles. The zero-order valence-corrected chi connectivity index (χ0v) is 8.82. The molecule has 0 radical (unpaired) electrons. The van der Waals surface area contributed by atoms with Crippen molar-refractivity contribution in [3.05, 3.63) is 54.6 Å². The molecule has 1 heterocycles. The number of benzene rings is 1. The van der Waals surface area contributed by atoms with E-state index >= 15 is 0 Å². The van der Waals surface area contributed by atoms with E-state index in [2.05, 4.69) is 6.58 Å². The number of hydrogen-bond donors (Lipinski definition) is 0. The van der Waals surface area contributed by atoms with Gasteiger partial charge in [-0.15, -0.1) is 0 Å². The molecular weight excluding hydrogens is 205 g/mol. The summed E-state index contributed by atoms with van der Waals surface area (Å²) in [5, 5.41) is 0. The van der Waals surface area contributed by atoms with Gasteiger partial charge in [-0.25, -0.2) is 4.39 Å². The molecule has 0 atom stereocenters. The zero-order valence-electron chi connectivity index (χ0n) is 8.82. The van der Waals surface area contributed by atoms with Crippen molar-refractivity contribution in [3.63, 3.8) is 0 Å². The minimum absolute atomic E-state index is 0.0451. The van der Waals surface area contributed by atoms with Gasteiger partial charge in [0.1, 0.15) is 5.82 Å². The highest BCUT2D eigenvalue weighted by molar-refractivity contribution is 6.21. The molecule has 1 aliphatic rings. The summed E-state index contributed by atoms with van der Waals surface area (Å²) in [4.78, 5) is 13.6. The SMILES string of the molecule is C=CN1C=C(c2cccc(F)c2)C(=O)CC1. The molecule has 0 aromatic heterocycles. The molecule has 0 bridgehead atoms. The van der Waals surface area contributed by atoms with Crippen LogP contribution < -0.4 is 0 Å². The lowest BCUT2D eigenvalue weighted by atomic mass is 9.98. The van der Waals surface area contributed by atoms with Crippen LogP contribution in [0, 0.1) is 5.82 Å². The molecule has 0 aliphatic carbocycles. The Bertz CT molecular complexity index is 465. The van der Waals surface area contributed by atoms with Gasteiger partial charge in [0.05, 0.1) is 0 Å². The molecule has 0 saturated carbocycles. The van der Waals surface area contributed by atoms with Crippen molar-refractivity contribution < 1.29 is 9.18 Å². The first-order valence-corrected chi connectivity index (χ1v) is 5.10. The van der Waals surface area contributed by atoms with Crippen LogP contribution in [0.4, 0.5) is 4.39 Å². The number of carbonyl (C=O) groups is 1. The monoisotopic (exact) mass is 217 g/mol. The van der Waals surface area contributed by atoms with Crippen molar-refractivity contribution in [1.29, 1.82) is 0 Å². The van der Waals surface area contributed by atoms with Gasteiger partial charge in [-0.05, 0) is 23.9 Å². The average molecular weight is 217 g/mol. The number of nitrogens with zero attached hydrogens (tertiary/aromatic N) is 1. The van der Waals surface area contributed by atoms with Crippen molar-refractivity contribution in [2.24, 2.45) is 0 Å². The predicted molar refractivity (Wildman–Crippen MR) is 60.9 cm³/mol. The molecule has 1 aromatic carbocycles. The van der Waals surface area contributed by atoms with Gasteiger partial charge in [-0.1, -0.05) is 18.7 Å². The Labute approximate surface area is 93.7 Å². The van der Waals surface area contributed by atoms with Crippen molar-refractivity contribution in [2.45, 2.75) is 6.42 Å². The van der Waals surface area contributed by atoms with Crippen LogP contribution in [-0.4, -0.2) is 17.2 Å². The molecule has 0 N–H and O–H groups in total. The summed E-state index contributed by atoms with van der Waals surface area (Å²) >= 11 is 0. The Kier molecular flexibility index (Phi) is 2.86. The standard InChI is InChI=1S/C13H12FNO/c1-2-15-7-6-13(16)12(9-15)10-4-3-5-11(14)8-10/h2-5,8-9H,1,6-7H2. The first-order valence-electron chi connectivity index (χ1n) is 5.10. The van der Waals surface area contributed by atoms with E-state index in [9.17, 15) is 9.18 Å². The largest absolute Gasteiger partial charge is 0.354 e. The highest BCUT2D eigenvalue weighted by Crippen LogP contribution is 2.22. The fourth-order valence-corrected chi connectivity index (χ4v) is 1.70. The lowest BCUT2D eigenvalue weighted by molar-refractivity contribution is -0.114. The smallest absolute Gasteiger partial charge is 0.166 e. The first kappa shape index (κ1) is 10.6. The third-order valence-corrected chi connectivity index (χ3v) is 2.56. The maximum Gasteiger partial charge on any atom is 0.166 e. The third-order valence-electron chi connectivity index (χ3n) is 2.56.